The van der Waals surface area contributed by atoms with Crippen molar-refractivity contribution in [3.63, 3.8) is 0 Å². The van der Waals surface area contributed by atoms with Crippen molar-refractivity contribution in [1.29, 1.82) is 5.26 Å². The first kappa shape index (κ1) is 17.4. The fraction of sp³-hybridized carbons (Fsp3) is 0.333. The van der Waals surface area contributed by atoms with Gasteiger partial charge in [-0.15, -0.1) is 0 Å². The molecule has 0 unspecified atom stereocenters. The minimum atomic E-state index is -0.294. The molecular formula is C18H19N3O3. The molecule has 0 aliphatic heterocycles. The van der Waals surface area contributed by atoms with Crippen molar-refractivity contribution in [2.24, 2.45) is 0 Å². The molecule has 24 heavy (non-hydrogen) atoms. The molecule has 6 nitrogen and oxygen atoms in total. The Kier molecular flexibility index (Phi) is 5.14. The SMILES string of the molecule is COc1nc(OC)c(C(C)C)c(C(=O)c2cc(C)cc(C#N)c2)n1. The van der Waals surface area contributed by atoms with Gasteiger partial charge in [-0.05, 0) is 36.6 Å². The van der Waals surface area contributed by atoms with Gasteiger partial charge in [-0.3, -0.25) is 4.79 Å². The number of methoxy groups -OCH3 is 2. The zero-order valence-electron chi connectivity index (χ0n) is 14.4. The van der Waals surface area contributed by atoms with E-state index in [1.807, 2.05) is 20.8 Å². The van der Waals surface area contributed by atoms with Crippen LogP contribution in [0.1, 0.15) is 52.5 Å². The van der Waals surface area contributed by atoms with E-state index in [1.165, 1.54) is 14.2 Å². The lowest BCUT2D eigenvalue weighted by Gasteiger charge is -2.15. The van der Waals surface area contributed by atoms with Crippen LogP contribution in [-0.4, -0.2) is 30.0 Å². The molecule has 1 aromatic carbocycles. The number of carbonyl (C=O) groups is 1. The first-order chi connectivity index (χ1) is 11.4. The lowest BCUT2D eigenvalue weighted by atomic mass is 9.95. The molecule has 0 spiro atoms. The second kappa shape index (κ2) is 7.09. The standard InChI is InChI=1S/C18H19N3O3/c1-10(2)14-15(20-18(24-5)21-17(14)23-4)16(22)13-7-11(3)6-12(8-13)9-19/h6-8,10H,1-5H3. The number of hydrogen-bond donors (Lipinski definition) is 0. The van der Waals surface area contributed by atoms with Crippen LogP contribution in [0.2, 0.25) is 0 Å². The summed E-state index contributed by atoms with van der Waals surface area (Å²) in [4.78, 5) is 21.4. The molecule has 0 bridgehead atoms. The predicted octanol–water partition coefficient (Wildman–Crippen LogP) is 3.03. The topological polar surface area (TPSA) is 85.1 Å². The van der Waals surface area contributed by atoms with Crippen LogP contribution < -0.4 is 9.47 Å². The Bertz CT molecular complexity index is 823. The van der Waals surface area contributed by atoms with E-state index in [1.54, 1.807) is 18.2 Å². The van der Waals surface area contributed by atoms with Gasteiger partial charge in [0.1, 0.15) is 5.69 Å². The second-order valence-electron chi connectivity index (χ2n) is 5.67. The zero-order chi connectivity index (χ0) is 17.9. The van der Waals surface area contributed by atoms with Gasteiger partial charge in [0, 0.05) is 11.1 Å². The maximum absolute atomic E-state index is 13.0. The number of carbonyl (C=O) groups excluding carboxylic acids is 1. The largest absolute Gasteiger partial charge is 0.481 e. The Morgan fingerprint density at radius 2 is 1.88 bits per heavy atom. The lowest BCUT2D eigenvalue weighted by molar-refractivity contribution is 0.103. The van der Waals surface area contributed by atoms with E-state index in [2.05, 4.69) is 16.0 Å². The Balaban J connectivity index is 2.68. The van der Waals surface area contributed by atoms with Gasteiger partial charge >= 0.3 is 6.01 Å². The molecule has 0 aliphatic carbocycles. The first-order valence-corrected chi connectivity index (χ1v) is 7.47. The summed E-state index contributed by atoms with van der Waals surface area (Å²) >= 11 is 0. The molecular weight excluding hydrogens is 306 g/mol. The number of rotatable bonds is 5. The lowest BCUT2D eigenvalue weighted by Crippen LogP contribution is -2.14. The van der Waals surface area contributed by atoms with Gasteiger partial charge in [-0.1, -0.05) is 13.8 Å². The first-order valence-electron chi connectivity index (χ1n) is 7.47. The zero-order valence-corrected chi connectivity index (χ0v) is 14.4. The van der Waals surface area contributed by atoms with Crippen molar-refractivity contribution >= 4 is 5.78 Å². The van der Waals surface area contributed by atoms with Crippen LogP contribution >= 0.6 is 0 Å². The van der Waals surface area contributed by atoms with E-state index < -0.39 is 0 Å². The number of ether oxygens (including phenoxy) is 2. The van der Waals surface area contributed by atoms with Crippen molar-refractivity contribution in [2.45, 2.75) is 26.7 Å². The van der Waals surface area contributed by atoms with Crippen molar-refractivity contribution in [1.82, 2.24) is 9.97 Å². The third-order valence-corrected chi connectivity index (χ3v) is 3.53. The van der Waals surface area contributed by atoms with Gasteiger partial charge in [0.15, 0.2) is 0 Å². The molecule has 0 radical (unpaired) electrons. The van der Waals surface area contributed by atoms with Gasteiger partial charge in [-0.2, -0.15) is 15.2 Å². The molecule has 1 heterocycles. The minimum Gasteiger partial charge on any atom is -0.481 e. The molecule has 124 valence electrons. The average molecular weight is 325 g/mol. The van der Waals surface area contributed by atoms with Gasteiger partial charge in [0.25, 0.3) is 0 Å². The Morgan fingerprint density at radius 1 is 1.17 bits per heavy atom. The summed E-state index contributed by atoms with van der Waals surface area (Å²) in [7, 11) is 2.92. The number of ketones is 1. The average Bonchev–Trinajstić information content (AvgIpc) is 2.58. The maximum atomic E-state index is 13.0. The van der Waals surface area contributed by atoms with E-state index in [0.29, 0.717) is 22.6 Å². The van der Waals surface area contributed by atoms with Crippen LogP contribution in [0, 0.1) is 18.3 Å². The van der Waals surface area contributed by atoms with Crippen molar-refractivity contribution < 1.29 is 14.3 Å². The van der Waals surface area contributed by atoms with E-state index in [-0.39, 0.29) is 23.4 Å². The normalized spacial score (nSPS) is 10.4. The summed E-state index contributed by atoms with van der Waals surface area (Å²) in [6, 6.07) is 7.14. The van der Waals surface area contributed by atoms with Gasteiger partial charge in [0.2, 0.25) is 11.7 Å². The van der Waals surface area contributed by atoms with E-state index in [0.717, 1.165) is 5.56 Å². The fourth-order valence-electron chi connectivity index (χ4n) is 2.49. The summed E-state index contributed by atoms with van der Waals surface area (Å²) in [5, 5.41) is 9.12. The van der Waals surface area contributed by atoms with E-state index >= 15 is 0 Å². The molecule has 0 fully saturated rings. The monoisotopic (exact) mass is 325 g/mol. The molecule has 1 aromatic heterocycles. The second-order valence-corrected chi connectivity index (χ2v) is 5.67. The summed E-state index contributed by atoms with van der Waals surface area (Å²) in [6.07, 6.45) is 0. The summed E-state index contributed by atoms with van der Waals surface area (Å²) in [5.74, 6) is -0.00341. The Morgan fingerprint density at radius 3 is 2.42 bits per heavy atom. The number of aryl methyl sites for hydroxylation is 1. The van der Waals surface area contributed by atoms with Crippen molar-refractivity contribution in [2.75, 3.05) is 14.2 Å². The quantitative estimate of drug-likeness (QED) is 0.786. The van der Waals surface area contributed by atoms with Crippen LogP contribution in [-0.2, 0) is 0 Å². The van der Waals surface area contributed by atoms with Gasteiger partial charge in [-0.25, -0.2) is 0 Å². The van der Waals surface area contributed by atoms with Gasteiger partial charge in [0.05, 0.1) is 25.9 Å². The molecule has 6 heteroatoms. The highest BCUT2D eigenvalue weighted by Gasteiger charge is 2.24. The molecule has 0 amide bonds. The number of nitriles is 1. The number of nitrogens with zero attached hydrogens (tertiary/aromatic N) is 3. The highest BCUT2D eigenvalue weighted by Crippen LogP contribution is 2.30. The number of hydrogen-bond acceptors (Lipinski definition) is 6. The number of aromatic nitrogens is 2. The van der Waals surface area contributed by atoms with E-state index in [9.17, 15) is 4.79 Å². The van der Waals surface area contributed by atoms with Gasteiger partial charge < -0.3 is 9.47 Å². The maximum Gasteiger partial charge on any atom is 0.320 e. The molecule has 0 N–H and O–H groups in total. The summed E-state index contributed by atoms with van der Waals surface area (Å²) in [5.41, 5.74) is 2.50. The molecule has 0 saturated heterocycles. The van der Waals surface area contributed by atoms with E-state index in [4.69, 9.17) is 14.7 Å². The third-order valence-electron chi connectivity index (χ3n) is 3.53. The predicted molar refractivity (Wildman–Crippen MR) is 88.6 cm³/mol. The molecule has 0 aliphatic rings. The van der Waals surface area contributed by atoms with Crippen molar-refractivity contribution in [3.05, 3.63) is 46.1 Å². The highest BCUT2D eigenvalue weighted by atomic mass is 16.5. The molecule has 0 saturated carbocycles. The molecule has 2 aromatic rings. The fourth-order valence-corrected chi connectivity index (χ4v) is 2.49. The summed E-state index contributed by atoms with van der Waals surface area (Å²) in [6.45, 7) is 5.70. The Labute approximate surface area is 141 Å². The molecule has 2 rings (SSSR count). The van der Waals surface area contributed by atoms with Crippen LogP contribution in [0.5, 0.6) is 11.9 Å². The minimum absolute atomic E-state index is 0.0231. The van der Waals surface area contributed by atoms with Crippen molar-refractivity contribution in [3.8, 4) is 18.0 Å². The molecule has 0 atom stereocenters. The Hall–Kier alpha value is -2.94. The van der Waals surface area contributed by atoms with Crippen LogP contribution in [0.4, 0.5) is 0 Å². The van der Waals surface area contributed by atoms with Crippen LogP contribution in [0.25, 0.3) is 0 Å². The number of benzene rings is 1. The highest BCUT2D eigenvalue weighted by molar-refractivity contribution is 6.09. The third kappa shape index (κ3) is 3.35. The van der Waals surface area contributed by atoms with Crippen LogP contribution in [0.15, 0.2) is 18.2 Å². The smallest absolute Gasteiger partial charge is 0.320 e. The van der Waals surface area contributed by atoms with Crippen LogP contribution in [0.3, 0.4) is 0 Å². The summed E-state index contributed by atoms with van der Waals surface area (Å²) < 4.78 is 10.4.